The van der Waals surface area contributed by atoms with E-state index in [2.05, 4.69) is 33.7 Å². The van der Waals surface area contributed by atoms with Gasteiger partial charge in [-0.15, -0.1) is 0 Å². The molecule has 1 aliphatic heterocycles. The summed E-state index contributed by atoms with van der Waals surface area (Å²) in [6, 6.07) is 8.37. The van der Waals surface area contributed by atoms with Crippen LogP contribution in [0.1, 0.15) is 49.7 Å². The van der Waals surface area contributed by atoms with Crippen molar-refractivity contribution >= 4 is 11.9 Å². The zero-order valence-electron chi connectivity index (χ0n) is 19.1. The maximum Gasteiger partial charge on any atom is 0.241 e. The minimum absolute atomic E-state index is 0.0279. The first kappa shape index (κ1) is 23.5. The summed E-state index contributed by atoms with van der Waals surface area (Å²) in [6.45, 7) is 4.19. The van der Waals surface area contributed by atoms with Gasteiger partial charge in [0.1, 0.15) is 0 Å². The van der Waals surface area contributed by atoms with Gasteiger partial charge in [-0.05, 0) is 36.3 Å². The van der Waals surface area contributed by atoms with Crippen LogP contribution < -0.4 is 10.6 Å². The van der Waals surface area contributed by atoms with Gasteiger partial charge in [-0.25, -0.2) is 4.99 Å². The Bertz CT molecular complexity index is 730. The Kier molecular flexibility index (Phi) is 9.15. The fraction of sp³-hybridized carbons (Fsp3) is 0.667. The summed E-state index contributed by atoms with van der Waals surface area (Å²) in [6.07, 6.45) is 7.13. The molecule has 1 heterocycles. The zero-order valence-corrected chi connectivity index (χ0v) is 19.1. The van der Waals surface area contributed by atoms with Crippen LogP contribution in [-0.4, -0.2) is 73.2 Å². The molecular formula is C24H39N5O2. The van der Waals surface area contributed by atoms with Gasteiger partial charge in [0, 0.05) is 40.3 Å². The Labute approximate surface area is 186 Å². The van der Waals surface area contributed by atoms with Gasteiger partial charge in [-0.2, -0.15) is 0 Å². The number of hydrogen-bond donors (Lipinski definition) is 3. The van der Waals surface area contributed by atoms with Crippen molar-refractivity contribution in [2.75, 3.05) is 40.3 Å². The lowest BCUT2D eigenvalue weighted by Crippen LogP contribution is -2.44. The van der Waals surface area contributed by atoms with Gasteiger partial charge in [0.15, 0.2) is 5.96 Å². The highest BCUT2D eigenvalue weighted by Gasteiger charge is 2.20. The maximum absolute atomic E-state index is 12.1. The summed E-state index contributed by atoms with van der Waals surface area (Å²) >= 11 is 0. The van der Waals surface area contributed by atoms with E-state index in [4.69, 9.17) is 4.99 Å². The van der Waals surface area contributed by atoms with Crippen LogP contribution in [0.25, 0.3) is 0 Å². The molecule has 1 saturated carbocycles. The molecule has 1 aromatic carbocycles. The average molecular weight is 430 g/mol. The number of aliphatic hydroxyl groups is 1. The highest BCUT2D eigenvalue weighted by Crippen LogP contribution is 2.22. The number of rotatable bonds is 8. The van der Waals surface area contributed by atoms with Crippen LogP contribution in [0.2, 0.25) is 0 Å². The molecule has 1 atom stereocenters. The number of β-amino-alcohol motifs (C(OH)–C–C–N with tert-alkyl or cyclic N) is 1. The molecule has 1 aromatic rings. The van der Waals surface area contributed by atoms with Crippen molar-refractivity contribution in [2.45, 2.75) is 57.7 Å². The lowest BCUT2D eigenvalue weighted by atomic mass is 9.89. The molecule has 0 spiro atoms. The molecule has 2 aliphatic rings. The van der Waals surface area contributed by atoms with Crippen LogP contribution in [0.15, 0.2) is 29.3 Å². The van der Waals surface area contributed by atoms with Gasteiger partial charge in [0.2, 0.25) is 5.91 Å². The van der Waals surface area contributed by atoms with Crippen molar-refractivity contribution in [3.05, 3.63) is 35.4 Å². The number of nitrogens with one attached hydrogen (secondary N) is 2. The summed E-state index contributed by atoms with van der Waals surface area (Å²) in [4.78, 5) is 20.8. The highest BCUT2D eigenvalue weighted by atomic mass is 16.3. The molecule has 7 nitrogen and oxygen atoms in total. The normalized spacial score (nSPS) is 20.6. The lowest BCUT2D eigenvalue weighted by molar-refractivity contribution is -0.127. The number of likely N-dealkylation sites (N-methyl/N-ethyl adjacent to an activating group) is 1. The third-order valence-corrected chi connectivity index (χ3v) is 6.36. The smallest absolute Gasteiger partial charge is 0.241 e. The van der Waals surface area contributed by atoms with E-state index in [1.807, 2.05) is 6.07 Å². The molecule has 1 aliphatic carbocycles. The Morgan fingerprint density at radius 2 is 1.87 bits per heavy atom. The Balaban J connectivity index is 1.63. The first-order chi connectivity index (χ1) is 15.0. The van der Waals surface area contributed by atoms with Crippen LogP contribution >= 0.6 is 0 Å². The fourth-order valence-electron chi connectivity index (χ4n) is 4.35. The van der Waals surface area contributed by atoms with E-state index in [0.717, 1.165) is 32.6 Å². The topological polar surface area (TPSA) is 80.2 Å². The van der Waals surface area contributed by atoms with Crippen LogP contribution in [-0.2, 0) is 17.9 Å². The summed E-state index contributed by atoms with van der Waals surface area (Å²) < 4.78 is 0. The molecule has 1 saturated heterocycles. The third kappa shape index (κ3) is 7.82. The number of benzene rings is 1. The second-order valence-electron chi connectivity index (χ2n) is 9.14. The zero-order chi connectivity index (χ0) is 22.1. The fourth-order valence-corrected chi connectivity index (χ4v) is 4.35. The van der Waals surface area contributed by atoms with Crippen LogP contribution in [0, 0.1) is 5.92 Å². The number of aliphatic imine (C=N–C) groups is 1. The van der Waals surface area contributed by atoms with Gasteiger partial charge in [0.05, 0.1) is 19.2 Å². The van der Waals surface area contributed by atoms with E-state index < -0.39 is 0 Å². The quantitative estimate of drug-likeness (QED) is 0.435. The molecule has 3 N–H and O–H groups in total. The number of amides is 1. The summed E-state index contributed by atoms with van der Waals surface area (Å²) in [5.74, 6) is 1.41. The van der Waals surface area contributed by atoms with Crippen molar-refractivity contribution in [1.82, 2.24) is 20.4 Å². The van der Waals surface area contributed by atoms with Crippen molar-refractivity contribution in [3.63, 3.8) is 0 Å². The average Bonchev–Trinajstić information content (AvgIpc) is 3.19. The minimum Gasteiger partial charge on any atom is -0.392 e. The van der Waals surface area contributed by atoms with E-state index in [1.54, 1.807) is 19.0 Å². The number of aliphatic hydroxyl groups excluding tert-OH is 1. The van der Waals surface area contributed by atoms with Crippen molar-refractivity contribution in [2.24, 2.45) is 10.9 Å². The van der Waals surface area contributed by atoms with Crippen LogP contribution in [0.3, 0.4) is 0 Å². The second-order valence-corrected chi connectivity index (χ2v) is 9.14. The molecule has 172 valence electrons. The molecular weight excluding hydrogens is 390 g/mol. The minimum atomic E-state index is -0.209. The largest absolute Gasteiger partial charge is 0.392 e. The number of likely N-dealkylation sites (tertiary alicyclic amines) is 1. The monoisotopic (exact) mass is 429 g/mol. The van der Waals surface area contributed by atoms with Crippen molar-refractivity contribution < 1.29 is 9.90 Å². The number of carbonyl (C=O) groups is 1. The molecule has 0 radical (unpaired) electrons. The third-order valence-electron chi connectivity index (χ3n) is 6.36. The molecule has 1 unspecified atom stereocenters. The molecule has 1 amide bonds. The number of hydrogen-bond acceptors (Lipinski definition) is 4. The van der Waals surface area contributed by atoms with Crippen LogP contribution in [0.5, 0.6) is 0 Å². The van der Waals surface area contributed by atoms with Gasteiger partial charge >= 0.3 is 0 Å². The van der Waals surface area contributed by atoms with Gasteiger partial charge in [0.25, 0.3) is 0 Å². The Morgan fingerprint density at radius 3 is 2.55 bits per heavy atom. The van der Waals surface area contributed by atoms with Gasteiger partial charge in [-0.1, -0.05) is 43.5 Å². The Hall–Kier alpha value is -2.12. The molecule has 3 rings (SSSR count). The van der Waals surface area contributed by atoms with Crippen LogP contribution in [0.4, 0.5) is 0 Å². The second kappa shape index (κ2) is 12.1. The number of carbonyl (C=O) groups excluding carboxylic acids is 1. The lowest BCUT2D eigenvalue weighted by Gasteiger charge is -2.23. The highest BCUT2D eigenvalue weighted by molar-refractivity contribution is 5.86. The Morgan fingerprint density at radius 1 is 1.13 bits per heavy atom. The van der Waals surface area contributed by atoms with E-state index in [0.29, 0.717) is 18.4 Å². The van der Waals surface area contributed by atoms with E-state index in [1.165, 1.54) is 43.2 Å². The first-order valence-corrected chi connectivity index (χ1v) is 11.7. The van der Waals surface area contributed by atoms with E-state index in [-0.39, 0.29) is 18.6 Å². The molecule has 2 fully saturated rings. The van der Waals surface area contributed by atoms with E-state index >= 15 is 0 Å². The molecule has 0 aromatic heterocycles. The number of guanidine groups is 1. The molecule has 0 bridgehead atoms. The first-order valence-electron chi connectivity index (χ1n) is 11.7. The van der Waals surface area contributed by atoms with Crippen molar-refractivity contribution in [3.8, 4) is 0 Å². The molecule has 7 heteroatoms. The predicted molar refractivity (Wildman–Crippen MR) is 125 cm³/mol. The maximum atomic E-state index is 12.1. The van der Waals surface area contributed by atoms with Gasteiger partial charge < -0.3 is 20.6 Å². The van der Waals surface area contributed by atoms with Gasteiger partial charge in [-0.3, -0.25) is 9.69 Å². The van der Waals surface area contributed by atoms with E-state index in [9.17, 15) is 9.90 Å². The SMILES string of the molecule is CN(C)C(=O)CNC(=NCc1ccccc1CN1CCC(O)C1)NCC1CCCCC1. The summed E-state index contributed by atoms with van der Waals surface area (Å²) in [5, 5.41) is 16.5. The number of nitrogens with zero attached hydrogens (tertiary/aromatic N) is 3. The molecule has 31 heavy (non-hydrogen) atoms. The standard InChI is InChI=1S/C24H39N5O2/c1-28(2)23(31)16-27-24(25-14-19-8-4-3-5-9-19)26-15-20-10-6-7-11-21(20)17-29-13-12-22(30)18-29/h6-7,10-11,19,22,30H,3-5,8-9,12-18H2,1-2H3,(H2,25,26,27). The summed E-state index contributed by atoms with van der Waals surface area (Å²) in [7, 11) is 3.53. The van der Waals surface area contributed by atoms with Crippen molar-refractivity contribution in [1.29, 1.82) is 0 Å². The summed E-state index contributed by atoms with van der Waals surface area (Å²) in [5.41, 5.74) is 2.43. The predicted octanol–water partition coefficient (Wildman–Crippen LogP) is 1.96.